The van der Waals surface area contributed by atoms with Gasteiger partial charge in [0, 0.05) is 5.54 Å². The molecule has 1 unspecified atom stereocenters. The van der Waals surface area contributed by atoms with Crippen LogP contribution in [0.25, 0.3) is 0 Å². The van der Waals surface area contributed by atoms with Gasteiger partial charge in [0.25, 0.3) is 0 Å². The van der Waals surface area contributed by atoms with Crippen LogP contribution >= 0.6 is 0 Å². The maximum absolute atomic E-state index is 9.54. The molecular formula is C16H34N2O. The van der Waals surface area contributed by atoms with E-state index in [4.69, 9.17) is 0 Å². The van der Waals surface area contributed by atoms with E-state index in [1.807, 2.05) is 0 Å². The molecule has 0 aromatic carbocycles. The van der Waals surface area contributed by atoms with Crippen LogP contribution in [0.5, 0.6) is 0 Å². The summed E-state index contributed by atoms with van der Waals surface area (Å²) in [7, 11) is 0. The molecule has 0 aliphatic carbocycles. The van der Waals surface area contributed by atoms with E-state index in [2.05, 4.69) is 31.0 Å². The molecule has 114 valence electrons. The van der Waals surface area contributed by atoms with Crippen molar-refractivity contribution in [2.45, 2.75) is 64.8 Å². The molecule has 0 aromatic heterocycles. The molecule has 0 bridgehead atoms. The predicted octanol–water partition coefficient (Wildman–Crippen LogP) is 2.64. The number of likely N-dealkylation sites (tertiary alicyclic amines) is 1. The fourth-order valence-corrected chi connectivity index (χ4v) is 2.96. The van der Waals surface area contributed by atoms with Crippen molar-refractivity contribution in [3.63, 3.8) is 0 Å². The third-order valence-electron chi connectivity index (χ3n) is 4.64. The van der Waals surface area contributed by atoms with Crippen LogP contribution in [-0.2, 0) is 0 Å². The van der Waals surface area contributed by atoms with Crippen molar-refractivity contribution in [2.75, 3.05) is 32.8 Å². The van der Waals surface area contributed by atoms with Crippen molar-refractivity contribution in [1.29, 1.82) is 0 Å². The number of nitrogens with one attached hydrogen (secondary N) is 1. The van der Waals surface area contributed by atoms with Gasteiger partial charge in [0.15, 0.2) is 0 Å². The zero-order valence-corrected chi connectivity index (χ0v) is 13.2. The lowest BCUT2D eigenvalue weighted by molar-refractivity contribution is 0.144. The van der Waals surface area contributed by atoms with Crippen molar-refractivity contribution < 1.29 is 5.11 Å². The summed E-state index contributed by atoms with van der Waals surface area (Å²) in [5.74, 6) is 0.963. The van der Waals surface area contributed by atoms with E-state index in [1.54, 1.807) is 0 Å². The molecule has 19 heavy (non-hydrogen) atoms. The zero-order valence-electron chi connectivity index (χ0n) is 13.2. The van der Waals surface area contributed by atoms with Gasteiger partial charge in [-0.3, -0.25) is 0 Å². The highest BCUT2D eigenvalue weighted by molar-refractivity contribution is 4.82. The highest BCUT2D eigenvalue weighted by Crippen LogP contribution is 2.20. The first-order valence-electron chi connectivity index (χ1n) is 8.21. The summed E-state index contributed by atoms with van der Waals surface area (Å²) in [4.78, 5) is 2.60. The predicted molar refractivity (Wildman–Crippen MR) is 82.5 cm³/mol. The summed E-state index contributed by atoms with van der Waals surface area (Å²) < 4.78 is 0. The third kappa shape index (κ3) is 6.24. The van der Waals surface area contributed by atoms with Crippen LogP contribution in [-0.4, -0.2) is 48.3 Å². The van der Waals surface area contributed by atoms with E-state index >= 15 is 0 Å². The number of aliphatic hydroxyl groups excluding tert-OH is 1. The topological polar surface area (TPSA) is 35.5 Å². The average molecular weight is 270 g/mol. The van der Waals surface area contributed by atoms with E-state index in [0.717, 1.165) is 25.3 Å². The van der Waals surface area contributed by atoms with E-state index in [-0.39, 0.29) is 12.1 Å². The quantitative estimate of drug-likeness (QED) is 0.676. The molecule has 1 aliphatic rings. The molecule has 1 atom stereocenters. The van der Waals surface area contributed by atoms with E-state index in [1.165, 1.54) is 45.3 Å². The second kappa shape index (κ2) is 8.93. The minimum Gasteiger partial charge on any atom is -0.394 e. The Morgan fingerprint density at radius 1 is 1.26 bits per heavy atom. The average Bonchev–Trinajstić information content (AvgIpc) is 2.46. The Labute approximate surface area is 119 Å². The van der Waals surface area contributed by atoms with Gasteiger partial charge >= 0.3 is 0 Å². The number of hydrogen-bond donors (Lipinski definition) is 2. The van der Waals surface area contributed by atoms with E-state index < -0.39 is 0 Å². The Bertz CT molecular complexity index is 227. The first-order chi connectivity index (χ1) is 9.13. The van der Waals surface area contributed by atoms with Gasteiger partial charge in [0.2, 0.25) is 0 Å². The SMILES string of the molecule is CCCNC(C)(CO)CCCN1CCC(CC)CC1. The first kappa shape index (κ1) is 16.9. The van der Waals surface area contributed by atoms with Crippen molar-refractivity contribution >= 4 is 0 Å². The van der Waals surface area contributed by atoms with Gasteiger partial charge in [-0.05, 0) is 71.1 Å². The van der Waals surface area contributed by atoms with Crippen LogP contribution in [0.15, 0.2) is 0 Å². The van der Waals surface area contributed by atoms with Crippen molar-refractivity contribution in [1.82, 2.24) is 10.2 Å². The molecule has 0 radical (unpaired) electrons. The minimum atomic E-state index is -0.0856. The van der Waals surface area contributed by atoms with Gasteiger partial charge < -0.3 is 15.3 Å². The molecule has 1 aliphatic heterocycles. The molecule has 0 amide bonds. The van der Waals surface area contributed by atoms with Gasteiger partial charge in [-0.2, -0.15) is 0 Å². The lowest BCUT2D eigenvalue weighted by atomic mass is 9.93. The Morgan fingerprint density at radius 3 is 2.47 bits per heavy atom. The number of aliphatic hydroxyl groups is 1. The Morgan fingerprint density at radius 2 is 1.95 bits per heavy atom. The molecule has 3 nitrogen and oxygen atoms in total. The smallest absolute Gasteiger partial charge is 0.0610 e. The summed E-state index contributed by atoms with van der Waals surface area (Å²) in [5.41, 5.74) is -0.0856. The number of piperidine rings is 1. The minimum absolute atomic E-state index is 0.0856. The van der Waals surface area contributed by atoms with Crippen LogP contribution in [0, 0.1) is 5.92 Å². The number of nitrogens with zero attached hydrogens (tertiary/aromatic N) is 1. The molecule has 1 fully saturated rings. The molecular weight excluding hydrogens is 236 g/mol. The zero-order chi connectivity index (χ0) is 14.1. The van der Waals surface area contributed by atoms with Crippen LogP contribution in [0.1, 0.15) is 59.3 Å². The van der Waals surface area contributed by atoms with Crippen LogP contribution < -0.4 is 5.32 Å². The fourth-order valence-electron chi connectivity index (χ4n) is 2.96. The second-order valence-electron chi connectivity index (χ2n) is 6.44. The lowest BCUT2D eigenvalue weighted by Gasteiger charge is -2.33. The summed E-state index contributed by atoms with van der Waals surface area (Å²) in [5, 5.41) is 13.0. The van der Waals surface area contributed by atoms with E-state index in [0.29, 0.717) is 0 Å². The molecule has 2 N–H and O–H groups in total. The maximum Gasteiger partial charge on any atom is 0.0610 e. The molecule has 0 saturated carbocycles. The molecule has 0 spiro atoms. The Balaban J connectivity index is 2.18. The third-order valence-corrected chi connectivity index (χ3v) is 4.64. The molecule has 3 heteroatoms. The summed E-state index contributed by atoms with van der Waals surface area (Å²) in [6.45, 7) is 11.6. The molecule has 1 rings (SSSR count). The van der Waals surface area contributed by atoms with Crippen molar-refractivity contribution in [2.24, 2.45) is 5.92 Å². The van der Waals surface area contributed by atoms with Gasteiger partial charge in [-0.15, -0.1) is 0 Å². The highest BCUT2D eigenvalue weighted by atomic mass is 16.3. The lowest BCUT2D eigenvalue weighted by Crippen LogP contribution is -2.46. The first-order valence-corrected chi connectivity index (χ1v) is 8.21. The van der Waals surface area contributed by atoms with E-state index in [9.17, 15) is 5.11 Å². The van der Waals surface area contributed by atoms with Gasteiger partial charge in [-0.1, -0.05) is 20.3 Å². The second-order valence-corrected chi connectivity index (χ2v) is 6.44. The highest BCUT2D eigenvalue weighted by Gasteiger charge is 2.23. The number of rotatable bonds is 9. The van der Waals surface area contributed by atoms with Crippen molar-refractivity contribution in [3.8, 4) is 0 Å². The Kier molecular flexibility index (Phi) is 7.96. The molecule has 1 heterocycles. The van der Waals surface area contributed by atoms with Crippen LogP contribution in [0.2, 0.25) is 0 Å². The fraction of sp³-hybridized carbons (Fsp3) is 1.00. The van der Waals surface area contributed by atoms with Crippen LogP contribution in [0.3, 0.4) is 0 Å². The normalized spacial score (nSPS) is 21.5. The number of hydrogen-bond acceptors (Lipinski definition) is 3. The largest absolute Gasteiger partial charge is 0.394 e. The Hall–Kier alpha value is -0.120. The summed E-state index contributed by atoms with van der Waals surface area (Å²) >= 11 is 0. The van der Waals surface area contributed by atoms with Gasteiger partial charge in [0.1, 0.15) is 0 Å². The monoisotopic (exact) mass is 270 g/mol. The van der Waals surface area contributed by atoms with Crippen molar-refractivity contribution in [3.05, 3.63) is 0 Å². The van der Waals surface area contributed by atoms with Gasteiger partial charge in [0.05, 0.1) is 6.61 Å². The maximum atomic E-state index is 9.54. The van der Waals surface area contributed by atoms with Gasteiger partial charge in [-0.25, -0.2) is 0 Å². The summed E-state index contributed by atoms with van der Waals surface area (Å²) in [6, 6.07) is 0. The van der Waals surface area contributed by atoms with Crippen LogP contribution in [0.4, 0.5) is 0 Å². The molecule has 1 saturated heterocycles. The molecule has 0 aromatic rings. The summed E-state index contributed by atoms with van der Waals surface area (Å²) in [6.07, 6.45) is 7.48. The standard InChI is InChI=1S/C16H34N2O/c1-4-10-17-16(3,14-19)9-6-11-18-12-7-15(5-2)8-13-18/h15,17,19H,4-14H2,1-3H3.